The highest BCUT2D eigenvalue weighted by Gasteiger charge is 2.03. The molecule has 16 heavy (non-hydrogen) atoms. The van der Waals surface area contributed by atoms with E-state index in [0.717, 1.165) is 18.5 Å². The van der Waals surface area contributed by atoms with Crippen molar-refractivity contribution in [2.24, 2.45) is 5.92 Å². The molecular weight excluding hydrogens is 200 g/mol. The average molecular weight is 220 g/mol. The van der Waals surface area contributed by atoms with Crippen LogP contribution in [0.2, 0.25) is 0 Å². The van der Waals surface area contributed by atoms with Crippen LogP contribution >= 0.6 is 0 Å². The lowest BCUT2D eigenvalue weighted by Gasteiger charge is -2.08. The molecule has 0 saturated carbocycles. The summed E-state index contributed by atoms with van der Waals surface area (Å²) in [5.41, 5.74) is 7.45. The number of carbonyl (C=O) groups excluding carboxylic acids is 1. The fourth-order valence-corrected chi connectivity index (χ4v) is 1.28. The Balaban J connectivity index is 2.32. The summed E-state index contributed by atoms with van der Waals surface area (Å²) in [5.74, 6) is 0.563. The molecule has 88 valence electrons. The summed E-state index contributed by atoms with van der Waals surface area (Å²) < 4.78 is 0. The van der Waals surface area contributed by atoms with E-state index in [1.54, 1.807) is 0 Å². The molecule has 0 spiro atoms. The SMILES string of the molecule is Cc1ccc(C(=O)NNCCC(C)C)cc1. The van der Waals surface area contributed by atoms with Crippen molar-refractivity contribution in [1.82, 2.24) is 10.9 Å². The molecule has 0 saturated heterocycles. The normalized spacial score (nSPS) is 10.5. The van der Waals surface area contributed by atoms with Crippen molar-refractivity contribution in [2.75, 3.05) is 6.54 Å². The zero-order valence-corrected chi connectivity index (χ0v) is 10.2. The number of benzene rings is 1. The zero-order valence-electron chi connectivity index (χ0n) is 10.2. The zero-order chi connectivity index (χ0) is 12.0. The van der Waals surface area contributed by atoms with Crippen molar-refractivity contribution in [2.45, 2.75) is 27.2 Å². The molecule has 0 aliphatic heterocycles. The lowest BCUT2D eigenvalue weighted by Crippen LogP contribution is -2.38. The molecule has 0 atom stereocenters. The van der Waals surface area contributed by atoms with Crippen LogP contribution < -0.4 is 10.9 Å². The standard InChI is InChI=1S/C13H20N2O/c1-10(2)8-9-14-15-13(16)12-6-4-11(3)5-7-12/h4-7,10,14H,8-9H2,1-3H3,(H,15,16). The van der Waals surface area contributed by atoms with E-state index < -0.39 is 0 Å². The van der Waals surface area contributed by atoms with Gasteiger partial charge in [0.1, 0.15) is 0 Å². The highest BCUT2D eigenvalue weighted by atomic mass is 16.2. The van der Waals surface area contributed by atoms with Gasteiger partial charge in [-0.15, -0.1) is 0 Å². The molecule has 3 heteroatoms. The summed E-state index contributed by atoms with van der Waals surface area (Å²) in [5, 5.41) is 0. The Labute approximate surface area is 97.2 Å². The molecular formula is C13H20N2O. The molecule has 1 amide bonds. The van der Waals surface area contributed by atoms with Gasteiger partial charge < -0.3 is 0 Å². The first-order valence-corrected chi connectivity index (χ1v) is 5.69. The minimum atomic E-state index is -0.0799. The molecule has 0 aliphatic rings. The summed E-state index contributed by atoms with van der Waals surface area (Å²) in [4.78, 5) is 11.6. The monoisotopic (exact) mass is 220 g/mol. The minimum absolute atomic E-state index is 0.0799. The Bertz CT molecular complexity index is 330. The second-order valence-corrected chi connectivity index (χ2v) is 4.43. The smallest absolute Gasteiger partial charge is 0.265 e. The lowest BCUT2D eigenvalue weighted by molar-refractivity contribution is 0.0932. The third kappa shape index (κ3) is 4.45. The molecule has 0 unspecified atom stereocenters. The van der Waals surface area contributed by atoms with Crippen molar-refractivity contribution < 1.29 is 4.79 Å². The second-order valence-electron chi connectivity index (χ2n) is 4.43. The van der Waals surface area contributed by atoms with Crippen molar-refractivity contribution in [3.63, 3.8) is 0 Å². The molecule has 0 radical (unpaired) electrons. The van der Waals surface area contributed by atoms with Crippen molar-refractivity contribution in [3.8, 4) is 0 Å². The van der Waals surface area contributed by atoms with E-state index in [1.807, 2.05) is 31.2 Å². The predicted octanol–water partition coefficient (Wildman–Crippen LogP) is 2.28. The number of hydrazine groups is 1. The average Bonchev–Trinajstić information content (AvgIpc) is 2.25. The molecule has 3 nitrogen and oxygen atoms in total. The molecule has 0 heterocycles. The van der Waals surface area contributed by atoms with Crippen LogP contribution in [0.5, 0.6) is 0 Å². The number of amides is 1. The number of nitrogens with one attached hydrogen (secondary N) is 2. The Morgan fingerprint density at radius 1 is 1.25 bits per heavy atom. The van der Waals surface area contributed by atoms with E-state index in [1.165, 1.54) is 0 Å². The van der Waals surface area contributed by atoms with Crippen LogP contribution in [-0.4, -0.2) is 12.5 Å². The lowest BCUT2D eigenvalue weighted by atomic mass is 10.1. The van der Waals surface area contributed by atoms with Crippen molar-refractivity contribution in [3.05, 3.63) is 35.4 Å². The number of hydrogen-bond acceptors (Lipinski definition) is 2. The number of hydrogen-bond donors (Lipinski definition) is 2. The van der Waals surface area contributed by atoms with Gasteiger partial charge in [0, 0.05) is 12.1 Å². The van der Waals surface area contributed by atoms with Gasteiger partial charge in [0.25, 0.3) is 5.91 Å². The van der Waals surface area contributed by atoms with E-state index in [0.29, 0.717) is 11.5 Å². The largest absolute Gasteiger partial charge is 0.287 e. The summed E-state index contributed by atoms with van der Waals surface area (Å²) in [7, 11) is 0. The summed E-state index contributed by atoms with van der Waals surface area (Å²) in [6.45, 7) is 7.12. The summed E-state index contributed by atoms with van der Waals surface area (Å²) >= 11 is 0. The van der Waals surface area contributed by atoms with E-state index in [-0.39, 0.29) is 5.91 Å². The Morgan fingerprint density at radius 3 is 2.44 bits per heavy atom. The highest BCUT2D eigenvalue weighted by molar-refractivity contribution is 5.93. The number of aryl methyl sites for hydroxylation is 1. The third-order valence-corrected chi connectivity index (χ3v) is 2.36. The first-order valence-electron chi connectivity index (χ1n) is 5.69. The highest BCUT2D eigenvalue weighted by Crippen LogP contribution is 2.02. The predicted molar refractivity (Wildman–Crippen MR) is 66.1 cm³/mol. The van der Waals surface area contributed by atoms with Gasteiger partial charge in [-0.25, -0.2) is 5.43 Å². The van der Waals surface area contributed by atoms with Gasteiger partial charge in [0.05, 0.1) is 0 Å². The van der Waals surface area contributed by atoms with Gasteiger partial charge in [0.15, 0.2) is 0 Å². The van der Waals surface area contributed by atoms with Crippen LogP contribution in [0.1, 0.15) is 36.2 Å². The maximum atomic E-state index is 11.6. The van der Waals surface area contributed by atoms with E-state index >= 15 is 0 Å². The molecule has 1 rings (SSSR count). The first-order chi connectivity index (χ1) is 7.59. The van der Waals surface area contributed by atoms with Gasteiger partial charge >= 0.3 is 0 Å². The molecule has 1 aromatic rings. The number of carbonyl (C=O) groups is 1. The van der Waals surface area contributed by atoms with Gasteiger partial charge in [0.2, 0.25) is 0 Å². The third-order valence-electron chi connectivity index (χ3n) is 2.36. The van der Waals surface area contributed by atoms with E-state index in [9.17, 15) is 4.79 Å². The van der Waals surface area contributed by atoms with Gasteiger partial charge in [-0.2, -0.15) is 0 Å². The van der Waals surface area contributed by atoms with Crippen LogP contribution in [0.4, 0.5) is 0 Å². The van der Waals surface area contributed by atoms with Crippen LogP contribution in [-0.2, 0) is 0 Å². The van der Waals surface area contributed by atoms with Crippen LogP contribution in [0.3, 0.4) is 0 Å². The van der Waals surface area contributed by atoms with Gasteiger partial charge in [-0.3, -0.25) is 10.2 Å². The maximum Gasteiger partial charge on any atom is 0.265 e. The molecule has 0 fully saturated rings. The fraction of sp³-hybridized carbons (Fsp3) is 0.462. The Hall–Kier alpha value is -1.35. The summed E-state index contributed by atoms with van der Waals surface area (Å²) in [6.07, 6.45) is 1.05. The second kappa shape index (κ2) is 6.28. The van der Waals surface area contributed by atoms with Crippen LogP contribution in [0.25, 0.3) is 0 Å². The Kier molecular flexibility index (Phi) is 4.99. The van der Waals surface area contributed by atoms with E-state index in [4.69, 9.17) is 0 Å². The van der Waals surface area contributed by atoms with Crippen LogP contribution in [0.15, 0.2) is 24.3 Å². The quantitative estimate of drug-likeness (QED) is 0.590. The molecule has 2 N–H and O–H groups in total. The van der Waals surface area contributed by atoms with Crippen molar-refractivity contribution in [1.29, 1.82) is 0 Å². The van der Waals surface area contributed by atoms with Crippen LogP contribution in [0, 0.1) is 12.8 Å². The first kappa shape index (κ1) is 12.7. The fourth-order valence-electron chi connectivity index (χ4n) is 1.28. The Morgan fingerprint density at radius 2 is 1.88 bits per heavy atom. The molecule has 1 aromatic carbocycles. The maximum absolute atomic E-state index is 11.6. The van der Waals surface area contributed by atoms with E-state index in [2.05, 4.69) is 24.7 Å². The van der Waals surface area contributed by atoms with Gasteiger partial charge in [-0.05, 0) is 31.4 Å². The topological polar surface area (TPSA) is 41.1 Å². The molecule has 0 bridgehead atoms. The van der Waals surface area contributed by atoms with Gasteiger partial charge in [-0.1, -0.05) is 31.5 Å². The molecule has 0 aromatic heterocycles. The van der Waals surface area contributed by atoms with Crippen molar-refractivity contribution >= 4 is 5.91 Å². The number of rotatable bonds is 5. The minimum Gasteiger partial charge on any atom is -0.287 e. The molecule has 0 aliphatic carbocycles. The summed E-state index contributed by atoms with van der Waals surface area (Å²) in [6, 6.07) is 7.52.